The highest BCUT2D eigenvalue weighted by Crippen LogP contribution is 2.20. The van der Waals surface area contributed by atoms with E-state index in [4.69, 9.17) is 11.6 Å². The summed E-state index contributed by atoms with van der Waals surface area (Å²) >= 11 is 5.89. The number of hydrogen-bond acceptors (Lipinski definition) is 3. The average Bonchev–Trinajstić information content (AvgIpc) is 2.62. The summed E-state index contributed by atoms with van der Waals surface area (Å²) in [4.78, 5) is 41.5. The smallest absolute Gasteiger partial charge is 0.245 e. The van der Waals surface area contributed by atoms with Gasteiger partial charge in [-0.15, -0.1) is 11.6 Å². The summed E-state index contributed by atoms with van der Waals surface area (Å²) < 4.78 is 0. The molecule has 27 heavy (non-hydrogen) atoms. The van der Waals surface area contributed by atoms with Crippen LogP contribution in [0.3, 0.4) is 0 Å². The lowest BCUT2D eigenvalue weighted by molar-refractivity contribution is -0.146. The molecular formula is C20H36ClN3O3. The first kappa shape index (κ1) is 23.7. The van der Waals surface area contributed by atoms with Crippen molar-refractivity contribution in [2.24, 2.45) is 11.3 Å². The molecule has 1 heterocycles. The lowest BCUT2D eigenvalue weighted by Gasteiger charge is -2.41. The fourth-order valence-electron chi connectivity index (χ4n) is 3.11. The lowest BCUT2D eigenvalue weighted by atomic mass is 9.93. The Morgan fingerprint density at radius 3 is 2.33 bits per heavy atom. The summed E-state index contributed by atoms with van der Waals surface area (Å²) in [5, 5.41) is 2.89. The Hall–Kier alpha value is -1.30. The van der Waals surface area contributed by atoms with Crippen molar-refractivity contribution in [1.29, 1.82) is 0 Å². The molecule has 1 rings (SSSR count). The molecule has 1 aliphatic rings. The summed E-state index contributed by atoms with van der Waals surface area (Å²) in [5.74, 6) is 0.0104. The van der Waals surface area contributed by atoms with E-state index in [1.165, 1.54) is 0 Å². The van der Waals surface area contributed by atoms with Crippen LogP contribution in [0.4, 0.5) is 0 Å². The van der Waals surface area contributed by atoms with E-state index in [1.54, 1.807) is 18.7 Å². The third-order valence-corrected chi connectivity index (χ3v) is 5.84. The van der Waals surface area contributed by atoms with E-state index >= 15 is 0 Å². The van der Waals surface area contributed by atoms with Gasteiger partial charge >= 0.3 is 0 Å². The molecule has 7 heteroatoms. The first-order chi connectivity index (χ1) is 12.5. The van der Waals surface area contributed by atoms with Crippen LogP contribution in [-0.2, 0) is 14.4 Å². The third kappa shape index (κ3) is 6.37. The van der Waals surface area contributed by atoms with Crippen LogP contribution in [0.5, 0.6) is 0 Å². The molecule has 0 bridgehead atoms. The van der Waals surface area contributed by atoms with Gasteiger partial charge in [0.1, 0.15) is 6.04 Å². The number of nitrogens with one attached hydrogen (secondary N) is 1. The minimum atomic E-state index is -0.730. The SMILES string of the molecule is CCCCC(=O)N1CCN(C(=O)C(NC(=O)C(C)(C)CCl)C(C)C)CC1C. The van der Waals surface area contributed by atoms with Crippen LogP contribution in [0, 0.1) is 11.3 Å². The number of rotatable bonds is 8. The van der Waals surface area contributed by atoms with E-state index in [0.717, 1.165) is 12.8 Å². The molecule has 1 aliphatic heterocycles. The number of hydrogen-bond donors (Lipinski definition) is 1. The Labute approximate surface area is 169 Å². The van der Waals surface area contributed by atoms with Gasteiger partial charge in [-0.2, -0.15) is 0 Å². The molecule has 0 aromatic carbocycles. The van der Waals surface area contributed by atoms with Crippen LogP contribution >= 0.6 is 11.6 Å². The molecule has 2 atom stereocenters. The zero-order chi connectivity index (χ0) is 20.8. The van der Waals surface area contributed by atoms with Gasteiger partial charge in [-0.3, -0.25) is 14.4 Å². The highest BCUT2D eigenvalue weighted by molar-refractivity contribution is 6.19. The van der Waals surface area contributed by atoms with E-state index in [-0.39, 0.29) is 35.6 Å². The van der Waals surface area contributed by atoms with Crippen molar-refractivity contribution in [3.8, 4) is 0 Å². The highest BCUT2D eigenvalue weighted by Gasteiger charge is 2.36. The van der Waals surface area contributed by atoms with Crippen LogP contribution in [0.1, 0.15) is 60.8 Å². The maximum Gasteiger partial charge on any atom is 0.245 e. The van der Waals surface area contributed by atoms with Gasteiger partial charge < -0.3 is 15.1 Å². The Balaban J connectivity index is 2.76. The molecule has 3 amide bonds. The number of unbranched alkanes of at least 4 members (excludes halogenated alkanes) is 1. The number of carbonyl (C=O) groups is 3. The number of amides is 3. The van der Waals surface area contributed by atoms with E-state index in [1.807, 2.05) is 25.7 Å². The molecule has 1 saturated heterocycles. The molecule has 1 N–H and O–H groups in total. The fraction of sp³-hybridized carbons (Fsp3) is 0.850. The molecular weight excluding hydrogens is 366 g/mol. The predicted molar refractivity (Wildman–Crippen MR) is 109 cm³/mol. The number of nitrogens with zero attached hydrogens (tertiary/aromatic N) is 2. The van der Waals surface area contributed by atoms with E-state index in [2.05, 4.69) is 12.2 Å². The maximum atomic E-state index is 13.1. The van der Waals surface area contributed by atoms with Crippen LogP contribution in [0.25, 0.3) is 0 Å². The van der Waals surface area contributed by atoms with Crippen LogP contribution in [0.15, 0.2) is 0 Å². The average molecular weight is 402 g/mol. The minimum absolute atomic E-state index is 0.0187. The van der Waals surface area contributed by atoms with Crippen molar-refractivity contribution in [1.82, 2.24) is 15.1 Å². The second-order valence-electron chi connectivity index (χ2n) is 8.54. The van der Waals surface area contributed by atoms with Crippen LogP contribution in [-0.4, -0.2) is 65.1 Å². The number of halogens is 1. The molecule has 0 aromatic rings. The molecule has 0 saturated carbocycles. The quantitative estimate of drug-likeness (QED) is 0.635. The van der Waals surface area contributed by atoms with Crippen molar-refractivity contribution >= 4 is 29.3 Å². The normalized spacial score (nSPS) is 19.2. The molecule has 1 fully saturated rings. The highest BCUT2D eigenvalue weighted by atomic mass is 35.5. The number of alkyl halides is 1. The van der Waals surface area contributed by atoms with E-state index < -0.39 is 11.5 Å². The predicted octanol–water partition coefficient (Wildman–Crippen LogP) is 2.64. The van der Waals surface area contributed by atoms with E-state index in [9.17, 15) is 14.4 Å². The molecule has 0 aliphatic carbocycles. The monoisotopic (exact) mass is 401 g/mol. The van der Waals surface area contributed by atoms with Gasteiger partial charge in [0.15, 0.2) is 0 Å². The van der Waals surface area contributed by atoms with Crippen molar-refractivity contribution in [3.63, 3.8) is 0 Å². The largest absolute Gasteiger partial charge is 0.344 e. The van der Waals surface area contributed by atoms with Gasteiger partial charge in [0.2, 0.25) is 17.7 Å². The molecule has 0 spiro atoms. The first-order valence-corrected chi connectivity index (χ1v) is 10.5. The van der Waals surface area contributed by atoms with Crippen LogP contribution in [0.2, 0.25) is 0 Å². The van der Waals surface area contributed by atoms with Gasteiger partial charge in [-0.05, 0) is 33.1 Å². The van der Waals surface area contributed by atoms with Crippen molar-refractivity contribution < 1.29 is 14.4 Å². The van der Waals surface area contributed by atoms with Gasteiger partial charge in [-0.25, -0.2) is 0 Å². The number of piperazine rings is 1. The Morgan fingerprint density at radius 2 is 1.85 bits per heavy atom. The van der Waals surface area contributed by atoms with E-state index in [0.29, 0.717) is 26.1 Å². The number of carbonyl (C=O) groups excluding carboxylic acids is 3. The second-order valence-corrected chi connectivity index (χ2v) is 8.80. The van der Waals surface area contributed by atoms with Crippen molar-refractivity contribution in [2.75, 3.05) is 25.5 Å². The Morgan fingerprint density at radius 1 is 1.22 bits per heavy atom. The first-order valence-electron chi connectivity index (χ1n) is 10.00. The minimum Gasteiger partial charge on any atom is -0.344 e. The third-order valence-electron chi connectivity index (χ3n) is 5.17. The van der Waals surface area contributed by atoms with Gasteiger partial charge in [0.05, 0.1) is 5.41 Å². The fourth-order valence-corrected chi connectivity index (χ4v) is 3.23. The summed E-state index contributed by atoms with van der Waals surface area (Å²) in [7, 11) is 0. The van der Waals surface area contributed by atoms with Crippen LogP contribution < -0.4 is 5.32 Å². The lowest BCUT2D eigenvalue weighted by Crippen LogP contribution is -2.60. The van der Waals surface area contributed by atoms with Gasteiger partial charge in [0, 0.05) is 38.0 Å². The zero-order valence-corrected chi connectivity index (χ0v) is 18.4. The summed E-state index contributed by atoms with van der Waals surface area (Å²) in [6.07, 6.45) is 2.45. The molecule has 0 radical (unpaired) electrons. The molecule has 2 unspecified atom stereocenters. The van der Waals surface area contributed by atoms with Crippen molar-refractivity contribution in [3.05, 3.63) is 0 Å². The molecule has 156 valence electrons. The molecule has 0 aromatic heterocycles. The molecule has 6 nitrogen and oxygen atoms in total. The summed E-state index contributed by atoms with van der Waals surface area (Å²) in [6.45, 7) is 13.0. The second kappa shape index (κ2) is 10.3. The topological polar surface area (TPSA) is 69.7 Å². The summed E-state index contributed by atoms with van der Waals surface area (Å²) in [5.41, 5.74) is -0.730. The Kier molecular flexibility index (Phi) is 9.06. The maximum absolute atomic E-state index is 13.1. The van der Waals surface area contributed by atoms with Gasteiger partial charge in [0.25, 0.3) is 0 Å². The summed E-state index contributed by atoms with van der Waals surface area (Å²) in [6, 6.07) is -0.607. The standard InChI is InChI=1S/C20H36ClN3O3/c1-7-8-9-16(25)24-11-10-23(12-15(24)4)18(26)17(14(2)3)22-19(27)20(5,6)13-21/h14-15,17H,7-13H2,1-6H3,(H,22,27). The van der Waals surface area contributed by atoms with Gasteiger partial charge in [-0.1, -0.05) is 27.2 Å². The Bertz CT molecular complexity index is 537. The van der Waals surface area contributed by atoms with Crippen molar-refractivity contribution in [2.45, 2.75) is 72.9 Å². The zero-order valence-electron chi connectivity index (χ0n) is 17.7.